The summed E-state index contributed by atoms with van der Waals surface area (Å²) in [5.74, 6) is -0.233. The Labute approximate surface area is 146 Å². The SMILES string of the molecule is CCN(CC)S(=O)(=O)c1cc(N2C(=O)[C@H](C)NC2=S)ccc1Cl. The molecule has 2 rings (SSSR count). The Bertz CT molecular complexity index is 748. The number of rotatable bonds is 5. The fourth-order valence-corrected chi connectivity index (χ4v) is 4.71. The zero-order chi connectivity index (χ0) is 17.4. The number of hydrogen-bond acceptors (Lipinski definition) is 4. The van der Waals surface area contributed by atoms with Crippen molar-refractivity contribution in [3.8, 4) is 0 Å². The maximum atomic E-state index is 12.7. The number of carbonyl (C=O) groups excluding carboxylic acids is 1. The topological polar surface area (TPSA) is 69.7 Å². The van der Waals surface area contributed by atoms with E-state index in [1.54, 1.807) is 26.8 Å². The zero-order valence-electron chi connectivity index (χ0n) is 13.0. The lowest BCUT2D eigenvalue weighted by atomic mass is 10.2. The Kier molecular flexibility index (Phi) is 5.30. The number of nitrogens with one attached hydrogen (secondary N) is 1. The summed E-state index contributed by atoms with van der Waals surface area (Å²) in [5, 5.41) is 3.20. The molecular formula is C14H18ClN3O3S2. The highest BCUT2D eigenvalue weighted by atomic mass is 35.5. The molecule has 0 bridgehead atoms. The molecule has 1 atom stereocenters. The summed E-state index contributed by atoms with van der Waals surface area (Å²) in [6, 6.07) is 3.99. The molecule has 1 N–H and O–H groups in total. The first-order valence-electron chi connectivity index (χ1n) is 7.18. The standard InChI is InChI=1S/C14H18ClN3O3S2/c1-4-17(5-2)23(20,21)12-8-10(6-7-11(12)15)18-13(19)9(3)16-14(18)22/h6-9H,4-5H2,1-3H3,(H,16,22)/t9-/m0/s1. The highest BCUT2D eigenvalue weighted by Crippen LogP contribution is 2.30. The molecule has 1 heterocycles. The van der Waals surface area contributed by atoms with Crippen LogP contribution in [0.15, 0.2) is 23.1 Å². The number of sulfonamides is 1. The molecule has 1 amide bonds. The minimum absolute atomic E-state index is 0.0319. The largest absolute Gasteiger partial charge is 0.350 e. The average Bonchev–Trinajstić information content (AvgIpc) is 2.74. The van der Waals surface area contributed by atoms with Crippen LogP contribution < -0.4 is 10.2 Å². The molecule has 1 aliphatic rings. The zero-order valence-corrected chi connectivity index (χ0v) is 15.4. The molecule has 1 aromatic rings. The van der Waals surface area contributed by atoms with Crippen LogP contribution in [0.4, 0.5) is 5.69 Å². The molecule has 0 unspecified atom stereocenters. The Morgan fingerprint density at radius 3 is 2.43 bits per heavy atom. The maximum Gasteiger partial charge on any atom is 0.255 e. The van der Waals surface area contributed by atoms with E-state index in [1.165, 1.54) is 21.3 Å². The summed E-state index contributed by atoms with van der Waals surface area (Å²) in [6.07, 6.45) is 0. The van der Waals surface area contributed by atoms with Crippen LogP contribution in [-0.2, 0) is 14.8 Å². The van der Waals surface area contributed by atoms with Gasteiger partial charge in [-0.1, -0.05) is 25.4 Å². The van der Waals surface area contributed by atoms with Gasteiger partial charge >= 0.3 is 0 Å². The van der Waals surface area contributed by atoms with E-state index in [-0.39, 0.29) is 20.9 Å². The van der Waals surface area contributed by atoms with Gasteiger partial charge in [-0.2, -0.15) is 4.31 Å². The van der Waals surface area contributed by atoms with E-state index in [2.05, 4.69) is 5.32 Å². The molecule has 1 saturated heterocycles. The number of benzene rings is 1. The molecule has 1 fully saturated rings. The van der Waals surface area contributed by atoms with Crippen molar-refractivity contribution in [2.24, 2.45) is 0 Å². The first-order valence-corrected chi connectivity index (χ1v) is 9.40. The predicted molar refractivity (Wildman–Crippen MR) is 94.2 cm³/mol. The highest BCUT2D eigenvalue weighted by molar-refractivity contribution is 7.89. The van der Waals surface area contributed by atoms with Crippen LogP contribution >= 0.6 is 23.8 Å². The molecule has 0 radical (unpaired) electrons. The molecule has 0 aromatic heterocycles. The van der Waals surface area contributed by atoms with Crippen molar-refractivity contribution in [2.75, 3.05) is 18.0 Å². The lowest BCUT2D eigenvalue weighted by Gasteiger charge is -2.21. The second-order valence-corrected chi connectivity index (χ2v) is 7.75. The number of thiocarbonyl (C=S) groups is 1. The van der Waals surface area contributed by atoms with Crippen molar-refractivity contribution in [3.63, 3.8) is 0 Å². The van der Waals surface area contributed by atoms with Crippen LogP contribution in [0.2, 0.25) is 5.02 Å². The smallest absolute Gasteiger partial charge is 0.255 e. The van der Waals surface area contributed by atoms with E-state index in [0.717, 1.165) is 0 Å². The van der Waals surface area contributed by atoms with E-state index < -0.39 is 16.1 Å². The van der Waals surface area contributed by atoms with Gasteiger partial charge < -0.3 is 5.32 Å². The summed E-state index contributed by atoms with van der Waals surface area (Å²) in [6.45, 7) is 5.86. The van der Waals surface area contributed by atoms with Gasteiger partial charge in [-0.15, -0.1) is 0 Å². The second-order valence-electron chi connectivity index (χ2n) is 5.05. The summed E-state index contributed by atoms with van der Waals surface area (Å²) in [4.78, 5) is 13.4. The number of carbonyl (C=O) groups is 1. The fourth-order valence-electron chi connectivity index (χ4n) is 2.38. The lowest BCUT2D eigenvalue weighted by molar-refractivity contribution is -0.117. The van der Waals surface area contributed by atoms with Crippen LogP contribution in [0.1, 0.15) is 20.8 Å². The van der Waals surface area contributed by atoms with Gasteiger partial charge in [0, 0.05) is 13.1 Å². The van der Waals surface area contributed by atoms with E-state index in [9.17, 15) is 13.2 Å². The van der Waals surface area contributed by atoms with Crippen molar-refractivity contribution >= 4 is 50.5 Å². The molecule has 6 nitrogen and oxygen atoms in total. The monoisotopic (exact) mass is 375 g/mol. The Morgan fingerprint density at radius 1 is 1.35 bits per heavy atom. The van der Waals surface area contributed by atoms with Crippen molar-refractivity contribution in [2.45, 2.75) is 31.7 Å². The molecule has 0 saturated carbocycles. The third-order valence-corrected chi connectivity index (χ3v) is 6.46. The van der Waals surface area contributed by atoms with E-state index >= 15 is 0 Å². The minimum atomic E-state index is -3.73. The van der Waals surface area contributed by atoms with Gasteiger partial charge in [-0.3, -0.25) is 9.69 Å². The van der Waals surface area contributed by atoms with Crippen molar-refractivity contribution < 1.29 is 13.2 Å². The predicted octanol–water partition coefficient (Wildman–Crippen LogP) is 1.98. The third kappa shape index (κ3) is 3.21. The molecule has 23 heavy (non-hydrogen) atoms. The summed E-state index contributed by atoms with van der Waals surface area (Å²) in [5.41, 5.74) is 0.381. The van der Waals surface area contributed by atoms with Gasteiger partial charge in [0.1, 0.15) is 10.9 Å². The van der Waals surface area contributed by atoms with Gasteiger partial charge in [-0.25, -0.2) is 8.42 Å². The van der Waals surface area contributed by atoms with Crippen LogP contribution in [0.25, 0.3) is 0 Å². The normalized spacial score (nSPS) is 18.7. The van der Waals surface area contributed by atoms with Crippen LogP contribution in [0, 0.1) is 0 Å². The van der Waals surface area contributed by atoms with E-state index in [0.29, 0.717) is 18.8 Å². The van der Waals surface area contributed by atoms with Crippen molar-refractivity contribution in [3.05, 3.63) is 23.2 Å². The molecule has 0 aliphatic carbocycles. The number of anilines is 1. The Balaban J connectivity index is 2.53. The number of hydrogen-bond donors (Lipinski definition) is 1. The van der Waals surface area contributed by atoms with Gasteiger partial charge in [0.15, 0.2) is 5.11 Å². The van der Waals surface area contributed by atoms with Crippen LogP contribution in [0.5, 0.6) is 0 Å². The number of nitrogens with zero attached hydrogens (tertiary/aromatic N) is 2. The highest BCUT2D eigenvalue weighted by Gasteiger charge is 2.34. The fraction of sp³-hybridized carbons (Fsp3) is 0.429. The lowest BCUT2D eigenvalue weighted by Crippen LogP contribution is -2.32. The van der Waals surface area contributed by atoms with Crippen LogP contribution in [0.3, 0.4) is 0 Å². The molecule has 0 spiro atoms. The molecule has 126 valence electrons. The van der Waals surface area contributed by atoms with Gasteiger partial charge in [0.2, 0.25) is 10.0 Å². The minimum Gasteiger partial charge on any atom is -0.350 e. The summed E-state index contributed by atoms with van der Waals surface area (Å²) < 4.78 is 26.7. The maximum absolute atomic E-state index is 12.7. The summed E-state index contributed by atoms with van der Waals surface area (Å²) >= 11 is 11.2. The average molecular weight is 376 g/mol. The Morgan fingerprint density at radius 2 is 1.96 bits per heavy atom. The molecule has 1 aliphatic heterocycles. The molecule has 1 aromatic carbocycles. The van der Waals surface area contributed by atoms with Crippen molar-refractivity contribution in [1.82, 2.24) is 9.62 Å². The first kappa shape index (κ1) is 18.1. The van der Waals surface area contributed by atoms with E-state index in [4.69, 9.17) is 23.8 Å². The van der Waals surface area contributed by atoms with Crippen molar-refractivity contribution in [1.29, 1.82) is 0 Å². The molecular weight excluding hydrogens is 358 g/mol. The van der Waals surface area contributed by atoms with Gasteiger partial charge in [0.25, 0.3) is 5.91 Å². The van der Waals surface area contributed by atoms with Gasteiger partial charge in [0.05, 0.1) is 10.7 Å². The number of halogens is 1. The summed E-state index contributed by atoms with van der Waals surface area (Å²) in [7, 11) is -3.73. The molecule has 9 heteroatoms. The quantitative estimate of drug-likeness (QED) is 0.797. The van der Waals surface area contributed by atoms with Gasteiger partial charge in [-0.05, 0) is 37.3 Å². The van der Waals surface area contributed by atoms with Crippen LogP contribution in [-0.4, -0.2) is 42.9 Å². The Hall–Kier alpha value is -1.22. The van der Waals surface area contributed by atoms with E-state index in [1.807, 2.05) is 0 Å². The first-order chi connectivity index (χ1) is 10.7. The number of amides is 1. The second kappa shape index (κ2) is 6.72. The third-order valence-electron chi connectivity index (χ3n) is 3.63.